The molecule has 10 nitrogen and oxygen atoms in total. The lowest BCUT2D eigenvalue weighted by Crippen LogP contribution is -2.40. The van der Waals surface area contributed by atoms with Crippen molar-refractivity contribution in [1.29, 1.82) is 0 Å². The molecule has 2 aliphatic rings. The summed E-state index contributed by atoms with van der Waals surface area (Å²) in [5.74, 6) is 1.33. The Morgan fingerprint density at radius 1 is 0.612 bits per heavy atom. The van der Waals surface area contributed by atoms with Crippen molar-refractivity contribution < 1.29 is 38.4 Å². The van der Waals surface area contributed by atoms with Gasteiger partial charge in [-0.2, -0.15) is 0 Å². The van der Waals surface area contributed by atoms with E-state index >= 15 is 0 Å². The summed E-state index contributed by atoms with van der Waals surface area (Å²) in [7, 11) is 6.28. The molecule has 0 saturated heterocycles. The zero-order valence-corrected chi connectivity index (χ0v) is 27.3. The van der Waals surface area contributed by atoms with Crippen LogP contribution in [0.4, 0.5) is 11.4 Å². The second-order valence-corrected chi connectivity index (χ2v) is 11.8. The van der Waals surface area contributed by atoms with Crippen molar-refractivity contribution >= 4 is 55.5 Å². The van der Waals surface area contributed by atoms with E-state index in [9.17, 15) is 14.7 Å². The number of aliphatic hydroxyl groups is 1. The first-order valence-corrected chi connectivity index (χ1v) is 15.7. The molecule has 0 saturated carbocycles. The van der Waals surface area contributed by atoms with Gasteiger partial charge in [0.25, 0.3) is 11.8 Å². The Labute approximate surface area is 281 Å². The van der Waals surface area contributed by atoms with Crippen molar-refractivity contribution in [3.05, 3.63) is 107 Å². The van der Waals surface area contributed by atoms with Crippen molar-refractivity contribution in [2.75, 3.05) is 45.0 Å². The number of hydrogen-bond donors (Lipinski definition) is 1. The first kappa shape index (κ1) is 30.5. The molecule has 246 valence electrons. The molecule has 49 heavy (non-hydrogen) atoms. The molecule has 0 spiro atoms. The third kappa shape index (κ3) is 4.41. The maximum absolute atomic E-state index is 14.2. The lowest BCUT2D eigenvalue weighted by Gasteiger charge is -2.35. The number of amides is 2. The Kier molecular flexibility index (Phi) is 7.28. The van der Waals surface area contributed by atoms with Crippen molar-refractivity contribution in [3.63, 3.8) is 0 Å². The Morgan fingerprint density at radius 2 is 1.12 bits per heavy atom. The average Bonchev–Trinajstić information content (AvgIpc) is 3.14. The smallest absolute Gasteiger partial charge is 0.266 e. The largest absolute Gasteiger partial charge is 0.496 e. The topological polar surface area (TPSA) is 107 Å². The molecule has 2 amide bonds. The van der Waals surface area contributed by atoms with Gasteiger partial charge < -0.3 is 33.7 Å². The number of rotatable bonds is 6. The Bertz CT molecular complexity index is 2280. The van der Waals surface area contributed by atoms with E-state index in [1.165, 1.54) is 19.1 Å². The molecule has 1 N–H and O–H groups in total. The fourth-order valence-electron chi connectivity index (χ4n) is 7.30. The van der Waals surface area contributed by atoms with E-state index in [2.05, 4.69) is 0 Å². The number of aliphatic hydroxyl groups excluding tert-OH is 1. The zero-order chi connectivity index (χ0) is 34.0. The van der Waals surface area contributed by atoms with E-state index in [0.29, 0.717) is 67.2 Å². The molecule has 0 aromatic heterocycles. The molecule has 2 aliphatic heterocycles. The molecule has 0 bridgehead atoms. The minimum Gasteiger partial charge on any atom is -0.496 e. The number of hydrogen-bond acceptors (Lipinski definition) is 9. The fraction of sp³-hybridized carbons (Fsp3) is 0.179. The van der Waals surface area contributed by atoms with Crippen LogP contribution in [0.25, 0.3) is 32.3 Å². The summed E-state index contributed by atoms with van der Waals surface area (Å²) in [4.78, 5) is 31.5. The first-order chi connectivity index (χ1) is 23.9. The van der Waals surface area contributed by atoms with Gasteiger partial charge in [-0.3, -0.25) is 9.59 Å². The average molecular weight is 657 g/mol. The molecule has 1 unspecified atom stereocenters. The normalized spacial score (nSPS) is 15.8. The number of carbonyl (C=O) groups is 2. The number of methoxy groups -OCH3 is 4. The highest BCUT2D eigenvalue weighted by atomic mass is 16.5. The highest BCUT2D eigenvalue weighted by molar-refractivity contribution is 6.38. The van der Waals surface area contributed by atoms with Crippen molar-refractivity contribution in [1.82, 2.24) is 0 Å². The lowest BCUT2D eigenvalue weighted by molar-refractivity contribution is 0.0736. The van der Waals surface area contributed by atoms with Crippen LogP contribution in [0.3, 0.4) is 0 Å². The van der Waals surface area contributed by atoms with Gasteiger partial charge >= 0.3 is 0 Å². The van der Waals surface area contributed by atoms with E-state index < -0.39 is 18.0 Å². The molecule has 0 radical (unpaired) electrons. The molecule has 0 aliphatic carbocycles. The first-order valence-electron chi connectivity index (χ1n) is 15.7. The summed E-state index contributed by atoms with van der Waals surface area (Å²) in [6, 6.07) is 25.3. The summed E-state index contributed by atoms with van der Waals surface area (Å²) in [6.07, 6.45) is -1.12. The highest BCUT2D eigenvalue weighted by Gasteiger charge is 2.37. The summed E-state index contributed by atoms with van der Waals surface area (Å²) < 4.78 is 28.7. The second kappa shape index (κ2) is 11.7. The molecule has 2 heterocycles. The second-order valence-electron chi connectivity index (χ2n) is 11.8. The predicted molar refractivity (Wildman–Crippen MR) is 186 cm³/mol. The van der Waals surface area contributed by atoms with E-state index in [4.69, 9.17) is 23.7 Å². The lowest BCUT2D eigenvalue weighted by atomic mass is 9.92. The molecular formula is C39H32N2O8. The van der Waals surface area contributed by atoms with E-state index in [1.807, 2.05) is 54.6 Å². The third-order valence-corrected chi connectivity index (χ3v) is 9.52. The fourth-order valence-corrected chi connectivity index (χ4v) is 7.30. The number of benzene rings is 6. The van der Waals surface area contributed by atoms with E-state index in [-0.39, 0.29) is 13.3 Å². The van der Waals surface area contributed by atoms with Crippen molar-refractivity contribution in [2.24, 2.45) is 0 Å². The van der Waals surface area contributed by atoms with Gasteiger partial charge in [0.2, 0.25) is 0 Å². The monoisotopic (exact) mass is 656 g/mol. The SMILES string of the molecule is COc1ccc2c3c(ccc(OC)c13)C(=O)N(c1ccc(N3COCc4ccc(OC)c5c(OC)ccc(c45)C3O)c3ccccc13)C2=O. The standard InChI is InChI=1S/C39H32N2O8/c1-45-29-15-9-21-19-49-20-40(37(42)24-10-16-30(46-2)35(29)33(21)24)27-13-14-28(23-8-6-5-7-22(23)27)41-38(43)25-11-17-31(47-3)36-32(48-4)18-12-26(34(25)36)39(41)44/h5-18,37,42H,19-20H2,1-4H3. The quantitative estimate of drug-likeness (QED) is 0.190. The predicted octanol–water partition coefficient (Wildman–Crippen LogP) is 6.97. The van der Waals surface area contributed by atoms with Crippen LogP contribution in [0.1, 0.15) is 38.1 Å². The molecule has 6 aromatic carbocycles. The van der Waals surface area contributed by atoms with Crippen LogP contribution < -0.4 is 28.7 Å². The zero-order valence-electron chi connectivity index (χ0n) is 27.3. The molecule has 6 aromatic rings. The van der Waals surface area contributed by atoms with Gasteiger partial charge in [-0.1, -0.05) is 36.4 Å². The number of fused-ring (bicyclic) bond motifs is 1. The van der Waals surface area contributed by atoms with E-state index in [1.54, 1.807) is 49.5 Å². The number of ether oxygens (including phenoxy) is 5. The van der Waals surface area contributed by atoms with Crippen molar-refractivity contribution in [2.45, 2.75) is 12.8 Å². The number of imide groups is 1. The summed E-state index contributed by atoms with van der Waals surface area (Å²) in [6.45, 7) is 0.362. The molecule has 8 rings (SSSR count). The number of nitrogens with zero attached hydrogens (tertiary/aromatic N) is 2. The van der Waals surface area contributed by atoms with Crippen molar-refractivity contribution in [3.8, 4) is 23.0 Å². The van der Waals surface area contributed by atoms with Gasteiger partial charge in [0.05, 0.1) is 51.5 Å². The van der Waals surface area contributed by atoms with Gasteiger partial charge in [0.1, 0.15) is 29.7 Å². The Hall–Kier alpha value is -5.84. The van der Waals surface area contributed by atoms with Gasteiger partial charge in [-0.05, 0) is 54.1 Å². The minimum atomic E-state index is -1.12. The van der Waals surface area contributed by atoms with Crippen LogP contribution in [-0.2, 0) is 11.3 Å². The number of carbonyl (C=O) groups excluding carboxylic acids is 2. The van der Waals surface area contributed by atoms with Gasteiger partial charge in [0.15, 0.2) is 6.23 Å². The summed E-state index contributed by atoms with van der Waals surface area (Å²) in [5, 5.41) is 16.1. The van der Waals surface area contributed by atoms with Crippen LogP contribution >= 0.6 is 0 Å². The summed E-state index contributed by atoms with van der Waals surface area (Å²) in [5.41, 5.74) is 3.37. The molecule has 10 heteroatoms. The molecule has 0 fully saturated rings. The number of anilines is 2. The maximum atomic E-state index is 14.2. The van der Waals surface area contributed by atoms with Crippen LogP contribution in [0.15, 0.2) is 84.9 Å². The van der Waals surface area contributed by atoms with Crippen LogP contribution in [0.2, 0.25) is 0 Å². The Balaban J connectivity index is 1.27. The summed E-state index contributed by atoms with van der Waals surface area (Å²) >= 11 is 0. The third-order valence-electron chi connectivity index (χ3n) is 9.52. The minimum absolute atomic E-state index is 0.0735. The van der Waals surface area contributed by atoms with Gasteiger partial charge in [-0.15, -0.1) is 0 Å². The maximum Gasteiger partial charge on any atom is 0.266 e. The van der Waals surface area contributed by atoms with E-state index in [0.717, 1.165) is 21.7 Å². The van der Waals surface area contributed by atoms with Crippen LogP contribution in [-0.4, -0.2) is 52.1 Å². The highest BCUT2D eigenvalue weighted by Crippen LogP contribution is 2.46. The van der Waals surface area contributed by atoms with Gasteiger partial charge in [-0.25, -0.2) is 4.90 Å². The molecule has 1 atom stereocenters. The Morgan fingerprint density at radius 3 is 1.71 bits per heavy atom. The molecular weight excluding hydrogens is 624 g/mol. The van der Waals surface area contributed by atoms with Crippen LogP contribution in [0, 0.1) is 0 Å². The van der Waals surface area contributed by atoms with Crippen LogP contribution in [0.5, 0.6) is 23.0 Å². The van der Waals surface area contributed by atoms with Gasteiger partial charge in [0, 0.05) is 43.9 Å².